The Morgan fingerprint density at radius 2 is 1.96 bits per heavy atom. The fourth-order valence-electron chi connectivity index (χ4n) is 2.90. The predicted octanol–water partition coefficient (Wildman–Crippen LogP) is 1.26. The Bertz CT molecular complexity index is 827. The van der Waals surface area contributed by atoms with E-state index in [-0.39, 0.29) is 10.6 Å². The van der Waals surface area contributed by atoms with Crippen molar-refractivity contribution in [2.75, 3.05) is 19.7 Å². The van der Waals surface area contributed by atoms with Gasteiger partial charge < -0.3 is 15.0 Å². The molecular formula is C18H25N3O5S. The third kappa shape index (κ3) is 4.70. The molecule has 8 nitrogen and oxygen atoms in total. The average molecular weight is 395 g/mol. The molecule has 2 rings (SSSR count). The van der Waals surface area contributed by atoms with Crippen molar-refractivity contribution in [3.8, 4) is 12.3 Å². The van der Waals surface area contributed by atoms with Gasteiger partial charge in [-0.2, -0.15) is 4.31 Å². The highest BCUT2D eigenvalue weighted by molar-refractivity contribution is 7.89. The van der Waals surface area contributed by atoms with Gasteiger partial charge >= 0.3 is 5.97 Å². The van der Waals surface area contributed by atoms with Crippen LogP contribution in [0.15, 0.2) is 17.2 Å². The second-order valence-electron chi connectivity index (χ2n) is 6.42. The molecule has 2 N–H and O–H groups in total. The Kier molecular flexibility index (Phi) is 6.68. The van der Waals surface area contributed by atoms with Gasteiger partial charge in [0.2, 0.25) is 10.0 Å². The molecule has 0 aromatic carbocycles. The van der Waals surface area contributed by atoms with Gasteiger partial charge in [-0.05, 0) is 31.7 Å². The first-order valence-corrected chi connectivity index (χ1v) is 10.4. The lowest BCUT2D eigenvalue weighted by atomic mass is 9.94. The van der Waals surface area contributed by atoms with Crippen molar-refractivity contribution in [1.82, 2.24) is 14.6 Å². The van der Waals surface area contributed by atoms with Crippen LogP contribution in [-0.2, 0) is 19.6 Å². The minimum absolute atomic E-state index is 0.00381. The van der Waals surface area contributed by atoms with Crippen molar-refractivity contribution >= 4 is 21.9 Å². The van der Waals surface area contributed by atoms with Gasteiger partial charge in [0.05, 0.1) is 0 Å². The summed E-state index contributed by atoms with van der Waals surface area (Å²) in [6.07, 6.45) is 9.48. The van der Waals surface area contributed by atoms with E-state index in [4.69, 9.17) is 11.2 Å². The quantitative estimate of drug-likeness (QED) is 0.509. The van der Waals surface area contributed by atoms with Crippen LogP contribution < -0.4 is 5.32 Å². The van der Waals surface area contributed by atoms with Gasteiger partial charge in [0.15, 0.2) is 6.61 Å². The molecule has 0 spiro atoms. The summed E-state index contributed by atoms with van der Waals surface area (Å²) < 4.78 is 31.3. The molecule has 0 radical (unpaired) electrons. The van der Waals surface area contributed by atoms with Crippen LogP contribution in [0.1, 0.15) is 50.0 Å². The van der Waals surface area contributed by atoms with Gasteiger partial charge in [0.1, 0.15) is 16.1 Å². The molecule has 1 fully saturated rings. The minimum Gasteiger partial charge on any atom is -0.451 e. The van der Waals surface area contributed by atoms with E-state index in [1.807, 2.05) is 13.8 Å². The Hall–Kier alpha value is -2.31. The van der Waals surface area contributed by atoms with Crippen LogP contribution in [0.4, 0.5) is 0 Å². The Morgan fingerprint density at radius 1 is 1.33 bits per heavy atom. The van der Waals surface area contributed by atoms with Crippen LogP contribution in [0.5, 0.6) is 0 Å². The number of sulfonamides is 1. The van der Waals surface area contributed by atoms with Crippen LogP contribution in [0.25, 0.3) is 0 Å². The number of ether oxygens (including phenoxy) is 1. The summed E-state index contributed by atoms with van der Waals surface area (Å²) in [5, 5.41) is 2.69. The van der Waals surface area contributed by atoms with E-state index in [0.29, 0.717) is 25.9 Å². The number of hydrogen-bond acceptors (Lipinski definition) is 5. The molecule has 1 aliphatic heterocycles. The van der Waals surface area contributed by atoms with E-state index in [1.54, 1.807) is 0 Å². The number of carbonyl (C=O) groups excluding carboxylic acids is 2. The van der Waals surface area contributed by atoms with Gasteiger partial charge in [0.25, 0.3) is 5.91 Å². The lowest BCUT2D eigenvalue weighted by Crippen LogP contribution is -2.48. The van der Waals surface area contributed by atoms with Gasteiger partial charge in [0, 0.05) is 19.3 Å². The monoisotopic (exact) mass is 395 g/mol. The van der Waals surface area contributed by atoms with Crippen LogP contribution in [0, 0.1) is 12.3 Å². The molecule has 1 aromatic heterocycles. The van der Waals surface area contributed by atoms with E-state index in [2.05, 4.69) is 16.2 Å². The lowest BCUT2D eigenvalue weighted by Gasteiger charge is -2.26. The zero-order valence-electron chi connectivity index (χ0n) is 15.6. The molecule has 0 aliphatic carbocycles. The number of esters is 1. The summed E-state index contributed by atoms with van der Waals surface area (Å²) in [4.78, 5) is 26.7. The van der Waals surface area contributed by atoms with Crippen molar-refractivity contribution < 1.29 is 22.7 Å². The van der Waals surface area contributed by atoms with Crippen molar-refractivity contribution in [3.63, 3.8) is 0 Å². The number of carbonyl (C=O) groups is 2. The molecule has 27 heavy (non-hydrogen) atoms. The van der Waals surface area contributed by atoms with E-state index >= 15 is 0 Å². The number of nitrogens with zero attached hydrogens (tertiary/aromatic N) is 1. The fraction of sp³-hybridized carbons (Fsp3) is 0.556. The number of rotatable bonds is 8. The smallest absolute Gasteiger partial charge is 0.355 e. The summed E-state index contributed by atoms with van der Waals surface area (Å²) in [7, 11) is -3.62. The molecule has 0 unspecified atom stereocenters. The predicted molar refractivity (Wildman–Crippen MR) is 99.4 cm³/mol. The van der Waals surface area contributed by atoms with E-state index < -0.39 is 34.0 Å². The highest BCUT2D eigenvalue weighted by atomic mass is 32.2. The number of aromatic nitrogens is 1. The molecule has 148 valence electrons. The molecular weight excluding hydrogens is 370 g/mol. The number of nitrogens with one attached hydrogen (secondary N) is 2. The maximum atomic E-state index is 12.5. The molecule has 0 atom stereocenters. The molecule has 0 saturated carbocycles. The first-order chi connectivity index (χ1) is 12.8. The molecule has 2 heterocycles. The zero-order valence-corrected chi connectivity index (χ0v) is 16.4. The summed E-state index contributed by atoms with van der Waals surface area (Å²) in [6.45, 7) is 4.15. The molecule has 1 saturated heterocycles. The van der Waals surface area contributed by atoms with Crippen molar-refractivity contribution in [1.29, 1.82) is 0 Å². The summed E-state index contributed by atoms with van der Waals surface area (Å²) in [5.74, 6) is 1.24. The van der Waals surface area contributed by atoms with Gasteiger partial charge in [-0.15, -0.1) is 6.42 Å². The number of H-pyrrole nitrogens is 1. The van der Waals surface area contributed by atoms with Crippen LogP contribution >= 0.6 is 0 Å². The Morgan fingerprint density at radius 3 is 2.52 bits per heavy atom. The molecule has 9 heteroatoms. The number of terminal acetylenes is 1. The third-order valence-electron chi connectivity index (χ3n) is 4.78. The maximum absolute atomic E-state index is 12.5. The van der Waals surface area contributed by atoms with Crippen LogP contribution in [-0.4, -0.2) is 54.8 Å². The van der Waals surface area contributed by atoms with E-state index in [1.165, 1.54) is 16.6 Å². The Labute approximate surface area is 159 Å². The maximum Gasteiger partial charge on any atom is 0.355 e. The van der Waals surface area contributed by atoms with Gasteiger partial charge in [-0.3, -0.25) is 4.79 Å². The van der Waals surface area contributed by atoms with Crippen molar-refractivity contribution in [3.05, 3.63) is 18.0 Å². The highest BCUT2D eigenvalue weighted by Crippen LogP contribution is 2.21. The van der Waals surface area contributed by atoms with Crippen LogP contribution in [0.3, 0.4) is 0 Å². The third-order valence-corrected chi connectivity index (χ3v) is 6.65. The van der Waals surface area contributed by atoms with Crippen molar-refractivity contribution in [2.45, 2.75) is 50.0 Å². The molecule has 1 aliphatic rings. The largest absolute Gasteiger partial charge is 0.451 e. The number of hydrogen-bond donors (Lipinski definition) is 2. The van der Waals surface area contributed by atoms with Crippen LogP contribution in [0.2, 0.25) is 0 Å². The topological polar surface area (TPSA) is 109 Å². The Balaban J connectivity index is 1.96. The standard InChI is InChI=1S/C18H25N3O5S/c1-4-18(5-2,6-3)20-16(22)13-26-17(23)15-11-14(12-19-15)27(24,25)21-9-7-8-10-21/h1,11-12,19H,5-10,13H2,2-3H3,(H,20,22). The van der Waals surface area contributed by atoms with E-state index in [9.17, 15) is 18.0 Å². The molecule has 0 bridgehead atoms. The SMILES string of the molecule is C#CC(CC)(CC)NC(=O)COC(=O)c1cc(S(=O)(=O)N2CCCC2)c[nH]1. The van der Waals surface area contributed by atoms with E-state index in [0.717, 1.165) is 12.8 Å². The number of aromatic amines is 1. The second-order valence-corrected chi connectivity index (χ2v) is 8.36. The number of amides is 1. The molecule has 1 amide bonds. The second kappa shape index (κ2) is 8.59. The van der Waals surface area contributed by atoms with Gasteiger partial charge in [-0.25, -0.2) is 13.2 Å². The molecule has 1 aromatic rings. The highest BCUT2D eigenvalue weighted by Gasteiger charge is 2.29. The van der Waals surface area contributed by atoms with Gasteiger partial charge in [-0.1, -0.05) is 19.8 Å². The fourth-order valence-corrected chi connectivity index (χ4v) is 4.41. The summed E-state index contributed by atoms with van der Waals surface area (Å²) in [6, 6.07) is 1.22. The average Bonchev–Trinajstić information content (AvgIpc) is 3.36. The lowest BCUT2D eigenvalue weighted by molar-refractivity contribution is -0.125. The first kappa shape index (κ1) is 21.0. The summed E-state index contributed by atoms with van der Waals surface area (Å²) in [5.41, 5.74) is -0.804. The normalized spacial score (nSPS) is 15.3. The summed E-state index contributed by atoms with van der Waals surface area (Å²) >= 11 is 0. The van der Waals surface area contributed by atoms with Crippen molar-refractivity contribution in [2.24, 2.45) is 0 Å². The zero-order chi connectivity index (χ0) is 20.1. The minimum atomic E-state index is -3.62. The first-order valence-electron chi connectivity index (χ1n) is 8.92.